The maximum Gasteiger partial charge on any atom is 0.270 e. The molecule has 1 aromatic rings. The molecule has 1 aliphatic rings. The Bertz CT molecular complexity index is 485. The molecule has 6 heteroatoms. The Morgan fingerprint density at radius 2 is 2.14 bits per heavy atom. The summed E-state index contributed by atoms with van der Waals surface area (Å²) in [7, 11) is 0. The minimum atomic E-state index is -0.420. The lowest BCUT2D eigenvalue weighted by Gasteiger charge is -2.25. The minimum Gasteiger partial charge on any atom is -0.396 e. The van der Waals surface area contributed by atoms with E-state index in [4.69, 9.17) is 4.84 Å². The molecule has 0 N–H and O–H groups in total. The second-order valence-corrected chi connectivity index (χ2v) is 5.18. The number of hydrogen-bond donors (Lipinski definition) is 0. The molecule has 2 rings (SSSR count). The van der Waals surface area contributed by atoms with Crippen molar-refractivity contribution in [3.63, 3.8) is 0 Å². The van der Waals surface area contributed by atoms with E-state index in [1.54, 1.807) is 12.1 Å². The van der Waals surface area contributed by atoms with E-state index < -0.39 is 4.92 Å². The first-order valence-electron chi connectivity index (χ1n) is 7.38. The summed E-state index contributed by atoms with van der Waals surface area (Å²) in [6, 6.07) is 6.32. The lowest BCUT2D eigenvalue weighted by molar-refractivity contribution is -0.384. The van der Waals surface area contributed by atoms with Gasteiger partial charge in [-0.3, -0.25) is 10.1 Å². The number of benzene rings is 1. The van der Waals surface area contributed by atoms with E-state index in [0.717, 1.165) is 13.0 Å². The van der Waals surface area contributed by atoms with Gasteiger partial charge in [-0.15, -0.1) is 0 Å². The Labute approximate surface area is 124 Å². The fraction of sp³-hybridized carbons (Fsp3) is 0.533. The zero-order valence-electron chi connectivity index (χ0n) is 12.1. The van der Waals surface area contributed by atoms with Crippen molar-refractivity contribution in [2.75, 3.05) is 26.2 Å². The molecule has 0 amide bonds. The second kappa shape index (κ2) is 8.36. The highest BCUT2D eigenvalue weighted by atomic mass is 16.6. The summed E-state index contributed by atoms with van der Waals surface area (Å²) in [5, 5.41) is 14.5. The number of non-ortho nitro benzene ring substituents is 1. The molecule has 0 saturated carbocycles. The van der Waals surface area contributed by atoms with Crippen LogP contribution in [0.4, 0.5) is 5.69 Å². The molecule has 0 atom stereocenters. The first-order chi connectivity index (χ1) is 10.3. The van der Waals surface area contributed by atoms with Crippen LogP contribution in [0, 0.1) is 10.1 Å². The summed E-state index contributed by atoms with van der Waals surface area (Å²) >= 11 is 0. The molecule has 0 spiro atoms. The molecule has 21 heavy (non-hydrogen) atoms. The van der Waals surface area contributed by atoms with Gasteiger partial charge in [-0.05, 0) is 32.4 Å². The number of likely N-dealkylation sites (tertiary alicyclic amines) is 1. The van der Waals surface area contributed by atoms with Gasteiger partial charge >= 0.3 is 0 Å². The van der Waals surface area contributed by atoms with Gasteiger partial charge in [0.15, 0.2) is 0 Å². The van der Waals surface area contributed by atoms with Crippen molar-refractivity contribution in [2.24, 2.45) is 5.16 Å². The zero-order valence-corrected chi connectivity index (χ0v) is 12.1. The molecule has 0 aromatic heterocycles. The van der Waals surface area contributed by atoms with Crippen LogP contribution in [0.25, 0.3) is 0 Å². The quantitative estimate of drug-likeness (QED) is 0.335. The molecular formula is C15H21N3O3. The molecule has 0 bridgehead atoms. The van der Waals surface area contributed by atoms with Gasteiger partial charge < -0.3 is 9.74 Å². The molecule has 1 aromatic carbocycles. The van der Waals surface area contributed by atoms with Crippen LogP contribution in [0.15, 0.2) is 29.4 Å². The molecule has 1 saturated heterocycles. The Kier molecular flexibility index (Phi) is 6.15. The summed E-state index contributed by atoms with van der Waals surface area (Å²) in [6.07, 6.45) is 6.40. The molecular weight excluding hydrogens is 270 g/mol. The first kappa shape index (κ1) is 15.4. The van der Waals surface area contributed by atoms with Crippen LogP contribution in [-0.2, 0) is 4.84 Å². The highest BCUT2D eigenvalue weighted by molar-refractivity contribution is 5.80. The number of rotatable bonds is 7. The number of nitro benzene ring substituents is 1. The molecule has 6 nitrogen and oxygen atoms in total. The van der Waals surface area contributed by atoms with Crippen LogP contribution in [-0.4, -0.2) is 42.3 Å². The van der Waals surface area contributed by atoms with Crippen LogP contribution in [0.2, 0.25) is 0 Å². The van der Waals surface area contributed by atoms with Crippen molar-refractivity contribution in [3.8, 4) is 0 Å². The van der Waals surface area contributed by atoms with Crippen LogP contribution < -0.4 is 0 Å². The van der Waals surface area contributed by atoms with Gasteiger partial charge in [-0.1, -0.05) is 23.7 Å². The summed E-state index contributed by atoms with van der Waals surface area (Å²) in [6.45, 7) is 4.00. The second-order valence-electron chi connectivity index (χ2n) is 5.18. The van der Waals surface area contributed by atoms with Crippen LogP contribution in [0.1, 0.15) is 31.2 Å². The third-order valence-corrected chi connectivity index (χ3v) is 3.52. The largest absolute Gasteiger partial charge is 0.396 e. The van der Waals surface area contributed by atoms with E-state index in [2.05, 4.69) is 10.1 Å². The van der Waals surface area contributed by atoms with Gasteiger partial charge in [-0.25, -0.2) is 0 Å². The van der Waals surface area contributed by atoms with Gasteiger partial charge in [0.2, 0.25) is 0 Å². The van der Waals surface area contributed by atoms with Crippen molar-refractivity contribution in [3.05, 3.63) is 39.9 Å². The molecule has 1 heterocycles. The Morgan fingerprint density at radius 3 is 2.90 bits per heavy atom. The number of nitrogens with zero attached hydrogens (tertiary/aromatic N) is 3. The Balaban J connectivity index is 1.65. The highest BCUT2D eigenvalue weighted by Crippen LogP contribution is 2.11. The van der Waals surface area contributed by atoms with Crippen molar-refractivity contribution >= 4 is 11.9 Å². The smallest absolute Gasteiger partial charge is 0.270 e. The molecule has 0 radical (unpaired) electrons. The number of piperidine rings is 1. The minimum absolute atomic E-state index is 0.0593. The van der Waals surface area contributed by atoms with Crippen LogP contribution >= 0.6 is 0 Å². The maximum absolute atomic E-state index is 10.6. The summed E-state index contributed by atoms with van der Waals surface area (Å²) in [5.41, 5.74) is 0.726. The van der Waals surface area contributed by atoms with Crippen molar-refractivity contribution in [1.29, 1.82) is 0 Å². The van der Waals surface area contributed by atoms with Crippen molar-refractivity contribution in [2.45, 2.75) is 25.7 Å². The van der Waals surface area contributed by atoms with E-state index in [1.807, 2.05) is 0 Å². The SMILES string of the molecule is O=[N+]([O-])c1cccc(C=NOCCCN2CCCCC2)c1. The van der Waals surface area contributed by atoms with Crippen LogP contribution in [0.3, 0.4) is 0 Å². The Hall–Kier alpha value is -1.95. The zero-order chi connectivity index (χ0) is 14.9. The average molecular weight is 291 g/mol. The predicted octanol–water partition coefficient (Wildman–Crippen LogP) is 2.82. The van der Waals surface area contributed by atoms with Crippen molar-refractivity contribution in [1.82, 2.24) is 4.90 Å². The maximum atomic E-state index is 10.6. The van der Waals surface area contributed by atoms with E-state index in [-0.39, 0.29) is 5.69 Å². The lowest BCUT2D eigenvalue weighted by Crippen LogP contribution is -2.31. The number of hydrogen-bond acceptors (Lipinski definition) is 5. The summed E-state index contributed by atoms with van der Waals surface area (Å²) < 4.78 is 0. The van der Waals surface area contributed by atoms with E-state index in [9.17, 15) is 10.1 Å². The van der Waals surface area contributed by atoms with Gasteiger partial charge in [0.05, 0.1) is 11.1 Å². The van der Waals surface area contributed by atoms with Crippen LogP contribution in [0.5, 0.6) is 0 Å². The lowest BCUT2D eigenvalue weighted by atomic mass is 10.1. The fourth-order valence-electron chi connectivity index (χ4n) is 2.41. The fourth-order valence-corrected chi connectivity index (χ4v) is 2.41. The average Bonchev–Trinajstić information content (AvgIpc) is 2.52. The monoisotopic (exact) mass is 291 g/mol. The van der Waals surface area contributed by atoms with Gasteiger partial charge in [0, 0.05) is 24.2 Å². The molecule has 1 aliphatic heterocycles. The third kappa shape index (κ3) is 5.51. The number of oxime groups is 1. The Morgan fingerprint density at radius 1 is 1.33 bits per heavy atom. The molecule has 1 fully saturated rings. The van der Waals surface area contributed by atoms with E-state index >= 15 is 0 Å². The summed E-state index contributed by atoms with van der Waals surface area (Å²) in [4.78, 5) is 17.9. The molecule has 114 valence electrons. The number of nitro groups is 1. The predicted molar refractivity (Wildman–Crippen MR) is 81.6 cm³/mol. The standard InChI is InChI=1S/C15H21N3O3/c19-18(20)15-7-4-6-14(12-15)13-16-21-11-5-10-17-8-2-1-3-9-17/h4,6-7,12-13H,1-3,5,8-11H2. The highest BCUT2D eigenvalue weighted by Gasteiger charge is 2.08. The van der Waals surface area contributed by atoms with Gasteiger partial charge in [0.25, 0.3) is 5.69 Å². The van der Waals surface area contributed by atoms with E-state index in [0.29, 0.717) is 12.2 Å². The van der Waals surface area contributed by atoms with Gasteiger partial charge in [-0.2, -0.15) is 0 Å². The normalized spacial score (nSPS) is 16.2. The van der Waals surface area contributed by atoms with E-state index in [1.165, 1.54) is 50.7 Å². The molecule has 0 unspecified atom stereocenters. The van der Waals surface area contributed by atoms with Crippen molar-refractivity contribution < 1.29 is 9.76 Å². The topological polar surface area (TPSA) is 68.0 Å². The first-order valence-corrected chi connectivity index (χ1v) is 7.38. The third-order valence-electron chi connectivity index (χ3n) is 3.52. The summed E-state index contributed by atoms with van der Waals surface area (Å²) in [5.74, 6) is 0. The van der Waals surface area contributed by atoms with Gasteiger partial charge in [0.1, 0.15) is 6.61 Å². The molecule has 0 aliphatic carbocycles.